The molecule has 4 heteroatoms. The van der Waals surface area contributed by atoms with E-state index in [9.17, 15) is 4.39 Å². The average molecular weight is 406 g/mol. The van der Waals surface area contributed by atoms with Gasteiger partial charge in [0, 0.05) is 17.8 Å². The summed E-state index contributed by atoms with van der Waals surface area (Å²) in [6.45, 7) is 9.45. The minimum Gasteiger partial charge on any atom is -0.490 e. The van der Waals surface area contributed by atoms with E-state index in [1.807, 2.05) is 19.1 Å². The highest BCUT2D eigenvalue weighted by atomic mass is 19.1. The van der Waals surface area contributed by atoms with Gasteiger partial charge in [-0.25, -0.2) is 4.39 Å². The zero-order chi connectivity index (χ0) is 21.3. The zero-order valence-corrected chi connectivity index (χ0v) is 17.6. The summed E-state index contributed by atoms with van der Waals surface area (Å²) in [5.41, 5.74) is 5.31. The molecule has 0 aliphatic heterocycles. The van der Waals surface area contributed by atoms with Crippen LogP contribution in [0, 0.1) is 12.7 Å². The zero-order valence-electron chi connectivity index (χ0n) is 17.6. The monoisotopic (exact) mass is 405 g/mol. The molecule has 3 rings (SSSR count). The summed E-state index contributed by atoms with van der Waals surface area (Å²) in [4.78, 5) is 0. The van der Waals surface area contributed by atoms with Crippen molar-refractivity contribution in [3.05, 3.63) is 101 Å². The molecule has 0 amide bonds. The van der Waals surface area contributed by atoms with Crippen LogP contribution in [0.2, 0.25) is 0 Å². The average Bonchev–Trinajstić information content (AvgIpc) is 2.74. The minimum atomic E-state index is -0.258. The predicted octanol–water partition coefficient (Wildman–Crippen LogP) is 6.45. The number of hydrogen-bond donors (Lipinski definition) is 1. The van der Waals surface area contributed by atoms with Crippen LogP contribution in [0.25, 0.3) is 0 Å². The lowest BCUT2D eigenvalue weighted by molar-refractivity contribution is 0.267. The second-order valence-corrected chi connectivity index (χ2v) is 7.14. The first-order valence-electron chi connectivity index (χ1n) is 10.2. The summed E-state index contributed by atoms with van der Waals surface area (Å²) in [6, 6.07) is 18.8. The van der Waals surface area contributed by atoms with Crippen molar-refractivity contribution in [2.75, 3.05) is 11.9 Å². The molecule has 0 atom stereocenters. The molecular weight excluding hydrogens is 377 g/mol. The lowest BCUT2D eigenvalue weighted by Crippen LogP contribution is -2.06. The van der Waals surface area contributed by atoms with Gasteiger partial charge in [-0.2, -0.15) is 0 Å². The van der Waals surface area contributed by atoms with E-state index in [0.717, 1.165) is 22.4 Å². The van der Waals surface area contributed by atoms with Crippen molar-refractivity contribution >= 4 is 5.69 Å². The molecule has 3 aromatic carbocycles. The molecule has 0 unspecified atom stereocenters. The van der Waals surface area contributed by atoms with E-state index in [0.29, 0.717) is 37.7 Å². The van der Waals surface area contributed by atoms with E-state index in [1.54, 1.807) is 12.1 Å². The van der Waals surface area contributed by atoms with Crippen LogP contribution < -0.4 is 14.8 Å². The van der Waals surface area contributed by atoms with Crippen molar-refractivity contribution in [2.24, 2.45) is 0 Å². The van der Waals surface area contributed by atoms with Crippen LogP contribution in [0.5, 0.6) is 11.5 Å². The SMILES string of the molecule is C=CCc1cc(CNc2ccc(C)cc2)cc(OCC)c1OCc1ccc(F)cc1. The number of halogens is 1. The topological polar surface area (TPSA) is 30.5 Å². The van der Waals surface area contributed by atoms with E-state index in [-0.39, 0.29) is 5.82 Å². The van der Waals surface area contributed by atoms with Crippen LogP contribution in [0.3, 0.4) is 0 Å². The number of ether oxygens (including phenoxy) is 2. The molecule has 0 fully saturated rings. The van der Waals surface area contributed by atoms with Crippen molar-refractivity contribution in [1.29, 1.82) is 0 Å². The Hall–Kier alpha value is -3.27. The fourth-order valence-electron chi connectivity index (χ4n) is 3.17. The first kappa shape index (κ1) is 21.4. The Morgan fingerprint density at radius 3 is 2.37 bits per heavy atom. The number of aryl methyl sites for hydroxylation is 1. The Bertz CT molecular complexity index is 966. The van der Waals surface area contributed by atoms with Gasteiger partial charge < -0.3 is 14.8 Å². The highest BCUT2D eigenvalue weighted by molar-refractivity contribution is 5.52. The molecule has 3 aromatic rings. The van der Waals surface area contributed by atoms with Gasteiger partial charge in [0.1, 0.15) is 12.4 Å². The van der Waals surface area contributed by atoms with Gasteiger partial charge in [-0.05, 0) is 67.8 Å². The summed E-state index contributed by atoms with van der Waals surface area (Å²) in [5, 5.41) is 3.45. The molecule has 1 N–H and O–H groups in total. The van der Waals surface area contributed by atoms with E-state index in [4.69, 9.17) is 9.47 Å². The number of anilines is 1. The maximum atomic E-state index is 13.2. The second kappa shape index (κ2) is 10.5. The van der Waals surface area contributed by atoms with Gasteiger partial charge >= 0.3 is 0 Å². The van der Waals surface area contributed by atoms with Crippen molar-refractivity contribution < 1.29 is 13.9 Å². The largest absolute Gasteiger partial charge is 0.490 e. The maximum absolute atomic E-state index is 13.2. The molecule has 0 spiro atoms. The Kier molecular flexibility index (Phi) is 7.50. The number of benzene rings is 3. The number of rotatable bonds is 10. The first-order valence-corrected chi connectivity index (χ1v) is 10.2. The van der Waals surface area contributed by atoms with Gasteiger partial charge in [-0.3, -0.25) is 0 Å². The Morgan fingerprint density at radius 1 is 0.967 bits per heavy atom. The van der Waals surface area contributed by atoms with Gasteiger partial charge in [0.15, 0.2) is 11.5 Å². The van der Waals surface area contributed by atoms with Crippen LogP contribution in [-0.4, -0.2) is 6.61 Å². The highest BCUT2D eigenvalue weighted by Crippen LogP contribution is 2.35. The predicted molar refractivity (Wildman–Crippen MR) is 121 cm³/mol. The number of hydrogen-bond acceptors (Lipinski definition) is 3. The molecule has 0 aliphatic carbocycles. The van der Waals surface area contributed by atoms with Crippen molar-refractivity contribution in [2.45, 2.75) is 33.4 Å². The Labute approximate surface area is 178 Å². The minimum absolute atomic E-state index is 0.258. The van der Waals surface area contributed by atoms with E-state index >= 15 is 0 Å². The summed E-state index contributed by atoms with van der Waals surface area (Å²) in [5.74, 6) is 1.16. The third kappa shape index (κ3) is 5.86. The van der Waals surface area contributed by atoms with Gasteiger partial charge in [-0.1, -0.05) is 35.9 Å². The smallest absolute Gasteiger partial charge is 0.165 e. The number of allylic oxidation sites excluding steroid dienone is 1. The van der Waals surface area contributed by atoms with E-state index < -0.39 is 0 Å². The van der Waals surface area contributed by atoms with Gasteiger partial charge in [-0.15, -0.1) is 6.58 Å². The summed E-state index contributed by atoms with van der Waals surface area (Å²) >= 11 is 0. The van der Waals surface area contributed by atoms with Crippen LogP contribution in [-0.2, 0) is 19.6 Å². The maximum Gasteiger partial charge on any atom is 0.165 e. The van der Waals surface area contributed by atoms with Crippen LogP contribution in [0.15, 0.2) is 73.3 Å². The molecule has 0 bridgehead atoms. The van der Waals surface area contributed by atoms with Crippen molar-refractivity contribution in [3.63, 3.8) is 0 Å². The molecule has 0 saturated carbocycles. The summed E-state index contributed by atoms with van der Waals surface area (Å²) < 4.78 is 25.2. The van der Waals surface area contributed by atoms with Gasteiger partial charge in [0.25, 0.3) is 0 Å². The Balaban J connectivity index is 1.81. The highest BCUT2D eigenvalue weighted by Gasteiger charge is 2.14. The third-order valence-electron chi connectivity index (χ3n) is 4.70. The first-order chi connectivity index (χ1) is 14.6. The molecular formula is C26H28FNO2. The third-order valence-corrected chi connectivity index (χ3v) is 4.70. The molecule has 30 heavy (non-hydrogen) atoms. The van der Waals surface area contributed by atoms with E-state index in [2.05, 4.69) is 49.2 Å². The van der Waals surface area contributed by atoms with Crippen LogP contribution in [0.1, 0.15) is 29.2 Å². The standard InChI is InChI=1S/C26H28FNO2/c1-4-6-22-15-21(17-28-24-13-7-19(3)8-14-24)16-25(29-5-2)26(22)30-18-20-9-11-23(27)12-10-20/h4,7-16,28H,1,5-6,17-18H2,2-3H3. The molecule has 0 aromatic heterocycles. The molecule has 156 valence electrons. The van der Waals surface area contributed by atoms with Crippen LogP contribution in [0.4, 0.5) is 10.1 Å². The lowest BCUT2D eigenvalue weighted by atomic mass is 10.0. The van der Waals surface area contributed by atoms with E-state index in [1.165, 1.54) is 17.7 Å². The molecule has 0 saturated heterocycles. The molecule has 3 nitrogen and oxygen atoms in total. The van der Waals surface area contributed by atoms with Crippen molar-refractivity contribution in [1.82, 2.24) is 0 Å². The molecule has 0 heterocycles. The van der Waals surface area contributed by atoms with Crippen molar-refractivity contribution in [3.8, 4) is 11.5 Å². The molecule has 0 radical (unpaired) electrons. The second-order valence-electron chi connectivity index (χ2n) is 7.14. The quantitative estimate of drug-likeness (QED) is 0.393. The fraction of sp³-hybridized carbons (Fsp3) is 0.231. The van der Waals surface area contributed by atoms with Gasteiger partial charge in [0.05, 0.1) is 6.61 Å². The number of nitrogens with one attached hydrogen (secondary N) is 1. The van der Waals surface area contributed by atoms with Gasteiger partial charge in [0.2, 0.25) is 0 Å². The summed E-state index contributed by atoms with van der Waals surface area (Å²) in [7, 11) is 0. The normalized spacial score (nSPS) is 10.5. The van der Waals surface area contributed by atoms with Crippen LogP contribution >= 0.6 is 0 Å². The fourth-order valence-corrected chi connectivity index (χ4v) is 3.17. The summed E-state index contributed by atoms with van der Waals surface area (Å²) in [6.07, 6.45) is 2.52. The molecule has 0 aliphatic rings. The Morgan fingerprint density at radius 2 is 1.70 bits per heavy atom. The lowest BCUT2D eigenvalue weighted by Gasteiger charge is -2.18.